The molecule has 0 spiro atoms. The lowest BCUT2D eigenvalue weighted by molar-refractivity contribution is 1.41. The standard InChI is InChI=1S/C17H19N3/c1-3-20-17(14-6-4-12(2)5-7-14)16(19)13-8-10-15(18)11-9-13/h3-11H,18-19H2,1-2H3/b17-16-,20-3-. The van der Waals surface area contributed by atoms with Crippen molar-refractivity contribution in [1.82, 2.24) is 0 Å². The van der Waals surface area contributed by atoms with Crippen molar-refractivity contribution >= 4 is 23.3 Å². The second kappa shape index (κ2) is 6.06. The molecule has 2 aromatic rings. The Morgan fingerprint density at radius 2 is 1.50 bits per heavy atom. The molecule has 0 heterocycles. The molecular formula is C17H19N3. The van der Waals surface area contributed by atoms with Crippen LogP contribution >= 0.6 is 0 Å². The van der Waals surface area contributed by atoms with Gasteiger partial charge in [-0.1, -0.05) is 42.0 Å². The fourth-order valence-electron chi connectivity index (χ4n) is 1.94. The van der Waals surface area contributed by atoms with E-state index in [2.05, 4.69) is 24.0 Å². The van der Waals surface area contributed by atoms with E-state index in [-0.39, 0.29) is 0 Å². The van der Waals surface area contributed by atoms with Gasteiger partial charge in [-0.05, 0) is 31.5 Å². The van der Waals surface area contributed by atoms with Gasteiger partial charge in [-0.3, -0.25) is 4.99 Å². The average Bonchev–Trinajstić information content (AvgIpc) is 2.46. The van der Waals surface area contributed by atoms with E-state index in [4.69, 9.17) is 11.5 Å². The van der Waals surface area contributed by atoms with Crippen molar-refractivity contribution in [2.24, 2.45) is 10.7 Å². The summed E-state index contributed by atoms with van der Waals surface area (Å²) in [5.74, 6) is 0. The summed E-state index contributed by atoms with van der Waals surface area (Å²) in [5.41, 5.74) is 17.2. The van der Waals surface area contributed by atoms with E-state index < -0.39 is 0 Å². The van der Waals surface area contributed by atoms with Gasteiger partial charge >= 0.3 is 0 Å². The van der Waals surface area contributed by atoms with Crippen LogP contribution in [0.3, 0.4) is 0 Å². The molecule has 20 heavy (non-hydrogen) atoms. The second-order valence-electron chi connectivity index (χ2n) is 4.64. The third-order valence-corrected chi connectivity index (χ3v) is 3.06. The predicted octanol–water partition coefficient (Wildman–Crippen LogP) is 3.45. The number of nitrogens with two attached hydrogens (primary N) is 2. The van der Waals surface area contributed by atoms with Gasteiger partial charge in [-0.2, -0.15) is 0 Å². The quantitative estimate of drug-likeness (QED) is 0.507. The maximum Gasteiger partial charge on any atom is 0.0933 e. The van der Waals surface area contributed by atoms with Gasteiger partial charge in [-0.25, -0.2) is 0 Å². The molecule has 2 aromatic carbocycles. The first-order chi connectivity index (χ1) is 9.61. The summed E-state index contributed by atoms with van der Waals surface area (Å²) in [6.07, 6.45) is 1.75. The Hall–Kier alpha value is -2.55. The Balaban J connectivity index is 2.53. The number of nitrogens with zero attached hydrogens (tertiary/aromatic N) is 1. The average molecular weight is 265 g/mol. The molecule has 102 valence electrons. The van der Waals surface area contributed by atoms with E-state index in [0.717, 1.165) is 22.5 Å². The first kappa shape index (κ1) is 13.9. The molecule has 4 N–H and O–H groups in total. The van der Waals surface area contributed by atoms with Crippen LogP contribution in [0.5, 0.6) is 0 Å². The van der Waals surface area contributed by atoms with Gasteiger partial charge in [0, 0.05) is 17.5 Å². The second-order valence-corrected chi connectivity index (χ2v) is 4.64. The minimum Gasteiger partial charge on any atom is -0.399 e. The van der Waals surface area contributed by atoms with Crippen LogP contribution in [0.4, 0.5) is 5.69 Å². The zero-order valence-corrected chi connectivity index (χ0v) is 11.8. The van der Waals surface area contributed by atoms with E-state index >= 15 is 0 Å². The van der Waals surface area contributed by atoms with Crippen molar-refractivity contribution < 1.29 is 0 Å². The minimum atomic E-state index is 0.645. The van der Waals surface area contributed by atoms with Crippen LogP contribution in [0.1, 0.15) is 23.6 Å². The largest absolute Gasteiger partial charge is 0.399 e. The molecule has 0 bridgehead atoms. The number of anilines is 1. The van der Waals surface area contributed by atoms with Crippen LogP contribution in [-0.2, 0) is 0 Å². The molecule has 0 aromatic heterocycles. The summed E-state index contributed by atoms with van der Waals surface area (Å²) in [6, 6.07) is 15.7. The van der Waals surface area contributed by atoms with Gasteiger partial charge < -0.3 is 11.5 Å². The van der Waals surface area contributed by atoms with E-state index in [9.17, 15) is 0 Å². The van der Waals surface area contributed by atoms with Gasteiger partial charge in [0.25, 0.3) is 0 Å². The van der Waals surface area contributed by atoms with Crippen LogP contribution in [0.25, 0.3) is 11.4 Å². The summed E-state index contributed by atoms with van der Waals surface area (Å²) in [6.45, 7) is 3.93. The lowest BCUT2D eigenvalue weighted by Crippen LogP contribution is -2.01. The van der Waals surface area contributed by atoms with Crippen LogP contribution in [0, 0.1) is 6.92 Å². The summed E-state index contributed by atoms with van der Waals surface area (Å²) >= 11 is 0. The van der Waals surface area contributed by atoms with E-state index in [1.54, 1.807) is 6.21 Å². The highest BCUT2D eigenvalue weighted by Crippen LogP contribution is 2.24. The monoisotopic (exact) mass is 265 g/mol. The maximum absolute atomic E-state index is 6.27. The van der Waals surface area contributed by atoms with Gasteiger partial charge in [-0.15, -0.1) is 0 Å². The molecule has 0 atom stereocenters. The van der Waals surface area contributed by atoms with Crippen molar-refractivity contribution in [2.75, 3.05) is 5.73 Å². The molecule has 0 aliphatic rings. The van der Waals surface area contributed by atoms with Gasteiger partial charge in [0.05, 0.1) is 11.4 Å². The fourth-order valence-corrected chi connectivity index (χ4v) is 1.94. The first-order valence-electron chi connectivity index (χ1n) is 6.53. The normalized spacial score (nSPS) is 12.5. The highest BCUT2D eigenvalue weighted by atomic mass is 14.8. The smallest absolute Gasteiger partial charge is 0.0933 e. The number of rotatable bonds is 3. The zero-order chi connectivity index (χ0) is 14.5. The number of aliphatic imine (C=N–C) groups is 1. The third kappa shape index (κ3) is 3.06. The highest BCUT2D eigenvalue weighted by Gasteiger charge is 2.07. The molecule has 3 nitrogen and oxygen atoms in total. The fraction of sp³-hybridized carbons (Fsp3) is 0.118. The number of benzene rings is 2. The first-order valence-corrected chi connectivity index (χ1v) is 6.53. The molecule has 0 aliphatic carbocycles. The summed E-state index contributed by atoms with van der Waals surface area (Å²) in [7, 11) is 0. The summed E-state index contributed by atoms with van der Waals surface area (Å²) in [4.78, 5) is 4.42. The van der Waals surface area contributed by atoms with Crippen molar-refractivity contribution in [3.63, 3.8) is 0 Å². The van der Waals surface area contributed by atoms with Crippen LogP contribution in [-0.4, -0.2) is 6.21 Å². The number of hydrogen-bond acceptors (Lipinski definition) is 3. The van der Waals surface area contributed by atoms with Gasteiger partial charge in [0.2, 0.25) is 0 Å². The molecule has 0 saturated heterocycles. The van der Waals surface area contributed by atoms with E-state index in [0.29, 0.717) is 5.70 Å². The Bertz CT molecular complexity index is 635. The van der Waals surface area contributed by atoms with Crippen molar-refractivity contribution in [3.05, 3.63) is 65.2 Å². The summed E-state index contributed by atoms with van der Waals surface area (Å²) < 4.78 is 0. The topological polar surface area (TPSA) is 64.4 Å². The maximum atomic E-state index is 6.27. The zero-order valence-electron chi connectivity index (χ0n) is 11.8. The highest BCUT2D eigenvalue weighted by molar-refractivity contribution is 5.91. The number of nitrogen functional groups attached to an aromatic ring is 1. The van der Waals surface area contributed by atoms with Crippen molar-refractivity contribution in [3.8, 4) is 0 Å². The van der Waals surface area contributed by atoms with Crippen LogP contribution in [0.2, 0.25) is 0 Å². The van der Waals surface area contributed by atoms with Crippen molar-refractivity contribution in [2.45, 2.75) is 13.8 Å². The molecule has 0 fully saturated rings. The Kier molecular flexibility index (Phi) is 4.20. The molecular weight excluding hydrogens is 246 g/mol. The molecule has 2 rings (SSSR count). The molecule has 3 heteroatoms. The molecule has 0 unspecified atom stereocenters. The third-order valence-electron chi connectivity index (χ3n) is 3.06. The minimum absolute atomic E-state index is 0.645. The van der Waals surface area contributed by atoms with Crippen LogP contribution < -0.4 is 11.5 Å². The number of hydrogen-bond donors (Lipinski definition) is 2. The predicted molar refractivity (Wildman–Crippen MR) is 87.2 cm³/mol. The SMILES string of the molecule is C/C=N\C(=C(/N)c1ccc(N)cc1)c1ccc(C)cc1. The summed E-state index contributed by atoms with van der Waals surface area (Å²) in [5, 5.41) is 0. The van der Waals surface area contributed by atoms with Crippen molar-refractivity contribution in [1.29, 1.82) is 0 Å². The molecule has 0 amide bonds. The number of aryl methyl sites for hydroxylation is 1. The Labute approximate surface area is 119 Å². The molecule has 0 aliphatic heterocycles. The lowest BCUT2D eigenvalue weighted by atomic mass is 10.0. The molecule has 0 saturated carbocycles. The van der Waals surface area contributed by atoms with E-state index in [1.165, 1.54) is 5.56 Å². The van der Waals surface area contributed by atoms with Gasteiger partial charge in [0.1, 0.15) is 0 Å². The lowest BCUT2D eigenvalue weighted by Gasteiger charge is -2.09. The molecule has 0 radical (unpaired) electrons. The van der Waals surface area contributed by atoms with Gasteiger partial charge in [0.15, 0.2) is 0 Å². The Morgan fingerprint density at radius 1 is 0.950 bits per heavy atom. The Morgan fingerprint density at radius 3 is 2.05 bits per heavy atom. The van der Waals surface area contributed by atoms with Crippen LogP contribution in [0.15, 0.2) is 53.5 Å². The van der Waals surface area contributed by atoms with E-state index in [1.807, 2.05) is 43.3 Å².